The Morgan fingerprint density at radius 1 is 0.760 bits per heavy atom. The Bertz CT molecular complexity index is 770. The molecule has 3 rings (SSSR count). The van der Waals surface area contributed by atoms with E-state index in [0.717, 1.165) is 10.8 Å². The van der Waals surface area contributed by atoms with Crippen LogP contribution in [-0.4, -0.2) is 25.1 Å². The highest BCUT2D eigenvalue weighted by atomic mass is 28.2. The van der Waals surface area contributed by atoms with Crippen LogP contribution in [-0.2, 0) is 0 Å². The molecule has 0 bridgehead atoms. The number of hydrogen-bond donors (Lipinski definition) is 3. The van der Waals surface area contributed by atoms with Gasteiger partial charge in [0, 0.05) is 5.19 Å². The third kappa shape index (κ3) is 5.75. The van der Waals surface area contributed by atoms with Crippen LogP contribution in [0.15, 0.2) is 79.4 Å². The quantitative estimate of drug-likeness (QED) is 0.632. The summed E-state index contributed by atoms with van der Waals surface area (Å²) in [5, 5.41) is 28.7. The van der Waals surface area contributed by atoms with Crippen LogP contribution in [0.4, 0.5) is 0 Å². The zero-order chi connectivity index (χ0) is 18.1. The van der Waals surface area contributed by atoms with Gasteiger partial charge in [0.15, 0.2) is 5.75 Å². The highest BCUT2D eigenvalue weighted by molar-refractivity contribution is 6.49. The lowest BCUT2D eigenvalue weighted by molar-refractivity contribution is 0.443. The summed E-state index contributed by atoms with van der Waals surface area (Å²) in [7, 11) is -1.07. The maximum atomic E-state index is 9.55. The monoisotopic (exact) mass is 352 g/mol. The van der Waals surface area contributed by atoms with Crippen molar-refractivity contribution in [3.05, 3.63) is 84.9 Å². The molecule has 0 heterocycles. The molecule has 4 nitrogen and oxygen atoms in total. The van der Waals surface area contributed by atoms with Gasteiger partial charge in [-0.2, -0.15) is 0 Å². The largest absolute Gasteiger partial charge is 0.542 e. The Kier molecular flexibility index (Phi) is 6.68. The Morgan fingerprint density at radius 2 is 1.36 bits per heavy atom. The lowest BCUT2D eigenvalue weighted by Gasteiger charge is -2.08. The number of rotatable bonds is 4. The molecule has 25 heavy (non-hydrogen) atoms. The summed E-state index contributed by atoms with van der Waals surface area (Å²) >= 11 is 0. The smallest absolute Gasteiger partial charge is 0.255 e. The van der Waals surface area contributed by atoms with Gasteiger partial charge in [-0.1, -0.05) is 55.1 Å². The first-order valence-electron chi connectivity index (χ1n) is 7.69. The van der Waals surface area contributed by atoms with Gasteiger partial charge >= 0.3 is 0 Å². The maximum absolute atomic E-state index is 9.55. The number of aromatic hydroxyl groups is 3. The third-order valence-corrected chi connectivity index (χ3v) is 4.73. The summed E-state index contributed by atoms with van der Waals surface area (Å²) in [6.45, 7) is 3.58. The van der Waals surface area contributed by atoms with E-state index < -0.39 is 9.76 Å². The van der Waals surface area contributed by atoms with E-state index in [4.69, 9.17) is 9.53 Å². The van der Waals surface area contributed by atoms with Crippen molar-refractivity contribution in [2.24, 2.45) is 0 Å². The molecule has 5 heteroatoms. The molecular formula is C20H20O4Si. The van der Waals surface area contributed by atoms with Crippen molar-refractivity contribution in [3.63, 3.8) is 0 Å². The van der Waals surface area contributed by atoms with Crippen LogP contribution in [0.2, 0.25) is 0 Å². The zero-order valence-electron chi connectivity index (χ0n) is 13.7. The van der Waals surface area contributed by atoms with Gasteiger partial charge in [0.25, 0.3) is 9.76 Å². The van der Waals surface area contributed by atoms with Crippen molar-refractivity contribution in [3.8, 4) is 23.0 Å². The minimum atomic E-state index is -1.07. The van der Waals surface area contributed by atoms with E-state index in [2.05, 4.69) is 6.58 Å². The standard InChI is InChI=1S/C12H12O3Si.C8H8O/c13-9-5-1-3-7-11(9)15-16-12-8-4-2-6-10(12)14;1-2-7-3-5-8(9)6-4-7/h1-8,13-14H,16H2;2-6,9H,1H2. The first kappa shape index (κ1) is 18.2. The van der Waals surface area contributed by atoms with Crippen molar-refractivity contribution in [1.82, 2.24) is 0 Å². The van der Waals surface area contributed by atoms with Crippen molar-refractivity contribution in [2.45, 2.75) is 0 Å². The van der Waals surface area contributed by atoms with Crippen molar-refractivity contribution < 1.29 is 19.7 Å². The highest BCUT2D eigenvalue weighted by Gasteiger charge is 2.04. The Balaban J connectivity index is 0.000000212. The second kappa shape index (κ2) is 9.20. The summed E-state index contributed by atoms with van der Waals surface area (Å²) in [5.41, 5.74) is 1.02. The minimum Gasteiger partial charge on any atom is -0.542 e. The van der Waals surface area contributed by atoms with Crippen LogP contribution in [0.3, 0.4) is 0 Å². The van der Waals surface area contributed by atoms with Crippen LogP contribution in [0, 0.1) is 0 Å². The second-order valence-corrected chi connectivity index (χ2v) is 6.52. The van der Waals surface area contributed by atoms with Gasteiger partial charge in [-0.25, -0.2) is 0 Å². The van der Waals surface area contributed by atoms with Crippen molar-refractivity contribution in [2.75, 3.05) is 0 Å². The molecule has 0 aliphatic rings. The van der Waals surface area contributed by atoms with Crippen LogP contribution in [0.25, 0.3) is 6.08 Å². The molecule has 3 N–H and O–H groups in total. The van der Waals surface area contributed by atoms with E-state index in [-0.39, 0.29) is 11.5 Å². The molecule has 0 saturated carbocycles. The lowest BCUT2D eigenvalue weighted by atomic mass is 10.2. The van der Waals surface area contributed by atoms with Crippen molar-refractivity contribution in [1.29, 1.82) is 0 Å². The van der Waals surface area contributed by atoms with Gasteiger partial charge in [0.05, 0.1) is 0 Å². The predicted molar refractivity (Wildman–Crippen MR) is 103 cm³/mol. The summed E-state index contributed by atoms with van der Waals surface area (Å²) in [6.07, 6.45) is 1.74. The van der Waals surface area contributed by atoms with E-state index >= 15 is 0 Å². The molecule has 3 aromatic rings. The van der Waals surface area contributed by atoms with Gasteiger partial charge in [-0.3, -0.25) is 0 Å². The van der Waals surface area contributed by atoms with Gasteiger partial charge < -0.3 is 19.7 Å². The Hall–Kier alpha value is -3.18. The highest BCUT2D eigenvalue weighted by Crippen LogP contribution is 2.23. The molecule has 0 spiro atoms. The Morgan fingerprint density at radius 3 is 1.96 bits per heavy atom. The Labute approximate surface area is 149 Å². The van der Waals surface area contributed by atoms with E-state index in [1.807, 2.05) is 24.3 Å². The van der Waals surface area contributed by atoms with Crippen LogP contribution in [0.1, 0.15) is 5.56 Å². The molecule has 0 aliphatic heterocycles. The van der Waals surface area contributed by atoms with E-state index in [1.165, 1.54) is 0 Å². The average molecular weight is 352 g/mol. The lowest BCUT2D eigenvalue weighted by Crippen LogP contribution is -2.20. The fraction of sp³-hybridized carbons (Fsp3) is 0. The fourth-order valence-corrected chi connectivity index (χ4v) is 3.03. The second-order valence-electron chi connectivity index (χ2n) is 5.18. The third-order valence-electron chi connectivity index (χ3n) is 3.37. The first-order valence-corrected chi connectivity index (χ1v) is 8.97. The SMILES string of the molecule is C=Cc1ccc(O)cc1.Oc1ccccc1O[SiH2]c1ccccc1O. The number of hydrogen-bond acceptors (Lipinski definition) is 4. The molecule has 0 amide bonds. The topological polar surface area (TPSA) is 69.9 Å². The number of phenolic OH excluding ortho intramolecular Hbond substituents is 3. The van der Waals surface area contributed by atoms with E-state index in [1.54, 1.807) is 54.6 Å². The molecule has 0 atom stereocenters. The van der Waals surface area contributed by atoms with Gasteiger partial charge in [-0.05, 0) is 35.9 Å². The molecule has 0 aliphatic carbocycles. The van der Waals surface area contributed by atoms with E-state index in [9.17, 15) is 10.2 Å². The van der Waals surface area contributed by atoms with Crippen LogP contribution in [0.5, 0.6) is 23.0 Å². The fourth-order valence-electron chi connectivity index (χ4n) is 1.98. The predicted octanol–water partition coefficient (Wildman–Crippen LogP) is 2.92. The average Bonchev–Trinajstić information content (AvgIpc) is 2.63. The summed E-state index contributed by atoms with van der Waals surface area (Å²) in [4.78, 5) is 0. The number of para-hydroxylation sites is 3. The molecule has 0 unspecified atom stereocenters. The van der Waals surface area contributed by atoms with Gasteiger partial charge in [-0.15, -0.1) is 0 Å². The first-order chi connectivity index (χ1) is 12.1. The number of benzene rings is 3. The molecule has 128 valence electrons. The van der Waals surface area contributed by atoms with Crippen LogP contribution >= 0.6 is 0 Å². The summed E-state index contributed by atoms with van der Waals surface area (Å²) in [6, 6.07) is 20.8. The molecule has 0 fully saturated rings. The molecular weight excluding hydrogens is 332 g/mol. The summed E-state index contributed by atoms with van der Waals surface area (Å²) < 4.78 is 5.53. The molecule has 0 saturated heterocycles. The molecule has 3 aromatic carbocycles. The maximum Gasteiger partial charge on any atom is 0.255 e. The van der Waals surface area contributed by atoms with Crippen molar-refractivity contribution >= 4 is 21.0 Å². The van der Waals surface area contributed by atoms with E-state index in [0.29, 0.717) is 11.5 Å². The summed E-state index contributed by atoms with van der Waals surface area (Å²) in [5.74, 6) is 1.15. The number of phenols is 3. The molecule has 0 radical (unpaired) electrons. The normalized spacial score (nSPS) is 10.1. The minimum absolute atomic E-state index is 0.130. The zero-order valence-corrected chi connectivity index (χ0v) is 15.1. The van der Waals surface area contributed by atoms with Gasteiger partial charge in [0.2, 0.25) is 0 Å². The molecule has 0 aromatic heterocycles. The van der Waals surface area contributed by atoms with Gasteiger partial charge in [0.1, 0.15) is 17.2 Å². The van der Waals surface area contributed by atoms with Crippen LogP contribution < -0.4 is 9.61 Å².